The van der Waals surface area contributed by atoms with Crippen molar-refractivity contribution in [1.82, 2.24) is 30.2 Å². The van der Waals surface area contributed by atoms with Gasteiger partial charge in [-0.1, -0.05) is 35.5 Å². The molecule has 0 radical (unpaired) electrons. The normalized spacial score (nSPS) is 14.9. The van der Waals surface area contributed by atoms with Crippen molar-refractivity contribution in [3.63, 3.8) is 0 Å². The number of fused-ring (bicyclic) bond motifs is 1. The summed E-state index contributed by atoms with van der Waals surface area (Å²) in [6.07, 6.45) is 4.36. The van der Waals surface area contributed by atoms with Gasteiger partial charge in [-0.05, 0) is 30.9 Å². The van der Waals surface area contributed by atoms with Crippen molar-refractivity contribution in [2.75, 3.05) is 13.1 Å². The summed E-state index contributed by atoms with van der Waals surface area (Å²) in [6, 6.07) is 11.8. The molecule has 2 aromatic heterocycles. The largest absolute Gasteiger partial charge is 0.349 e. The van der Waals surface area contributed by atoms with Gasteiger partial charge in [-0.15, -0.1) is 5.10 Å². The molecule has 0 aliphatic carbocycles. The molecule has 2 amide bonds. The zero-order valence-corrected chi connectivity index (χ0v) is 16.4. The maximum Gasteiger partial charge on any atom is 0.253 e. The zero-order valence-electron chi connectivity index (χ0n) is 16.4. The second-order valence-electron chi connectivity index (χ2n) is 7.36. The van der Waals surface area contributed by atoms with Crippen LogP contribution in [0.25, 0.3) is 11.2 Å². The van der Waals surface area contributed by atoms with Crippen LogP contribution in [0.15, 0.2) is 42.6 Å². The van der Waals surface area contributed by atoms with Crippen LogP contribution in [-0.2, 0) is 18.3 Å². The topological polar surface area (TPSA) is 93.0 Å². The average molecular weight is 392 g/mol. The number of hydrogen-bond donors (Lipinski definition) is 1. The van der Waals surface area contributed by atoms with E-state index in [2.05, 4.69) is 20.6 Å². The molecule has 29 heavy (non-hydrogen) atoms. The molecule has 4 rings (SSSR count). The molecule has 1 aliphatic rings. The minimum atomic E-state index is -0.174. The lowest BCUT2D eigenvalue weighted by Gasteiger charge is -2.32. The third kappa shape index (κ3) is 4.26. The van der Waals surface area contributed by atoms with E-state index in [1.165, 1.54) is 5.56 Å². The van der Waals surface area contributed by atoms with Gasteiger partial charge in [0.15, 0.2) is 5.65 Å². The minimum Gasteiger partial charge on any atom is -0.349 e. The van der Waals surface area contributed by atoms with Crippen LogP contribution in [0.5, 0.6) is 0 Å². The summed E-state index contributed by atoms with van der Waals surface area (Å²) in [7, 11) is 1.74. The fraction of sp³-hybridized carbons (Fsp3) is 0.381. The predicted octanol–water partition coefficient (Wildman–Crippen LogP) is 1.72. The number of nitrogens with zero attached hydrogens (tertiary/aromatic N) is 5. The van der Waals surface area contributed by atoms with Crippen LogP contribution in [-0.4, -0.2) is 55.8 Å². The number of aromatic nitrogens is 4. The summed E-state index contributed by atoms with van der Waals surface area (Å²) in [4.78, 5) is 31.3. The summed E-state index contributed by atoms with van der Waals surface area (Å²) in [5.41, 5.74) is 2.73. The van der Waals surface area contributed by atoms with Crippen molar-refractivity contribution in [2.24, 2.45) is 7.05 Å². The molecule has 8 heteroatoms. The summed E-state index contributed by atoms with van der Waals surface area (Å²) in [5.74, 6) is 0.000728. The van der Waals surface area contributed by atoms with Gasteiger partial charge in [-0.2, -0.15) is 0 Å². The lowest BCUT2D eigenvalue weighted by molar-refractivity contribution is -0.132. The van der Waals surface area contributed by atoms with Gasteiger partial charge in [0.25, 0.3) is 5.91 Å². The standard InChI is InChI=1S/C21H24N6O2/c1-26-20-19(24-25-26)17(9-12-22-20)21(29)23-16-10-13-27(14-11-16)18(28)8-7-15-5-3-2-4-6-15/h2-6,9,12,16H,7-8,10-11,13-14H2,1H3,(H,23,29). The number of nitrogens with one attached hydrogen (secondary N) is 1. The molecular weight excluding hydrogens is 368 g/mol. The fourth-order valence-corrected chi connectivity index (χ4v) is 3.71. The molecule has 1 N–H and O–H groups in total. The number of piperidine rings is 1. The number of pyridine rings is 1. The number of benzene rings is 1. The van der Waals surface area contributed by atoms with Crippen molar-refractivity contribution in [1.29, 1.82) is 0 Å². The van der Waals surface area contributed by atoms with E-state index in [1.54, 1.807) is 24.0 Å². The fourth-order valence-electron chi connectivity index (χ4n) is 3.71. The molecule has 1 aliphatic heterocycles. The third-order valence-electron chi connectivity index (χ3n) is 5.39. The van der Waals surface area contributed by atoms with Crippen molar-refractivity contribution in [2.45, 2.75) is 31.7 Å². The van der Waals surface area contributed by atoms with Crippen LogP contribution in [0.1, 0.15) is 35.2 Å². The lowest BCUT2D eigenvalue weighted by Crippen LogP contribution is -2.46. The molecule has 0 spiro atoms. The Balaban J connectivity index is 1.29. The van der Waals surface area contributed by atoms with Gasteiger partial charge >= 0.3 is 0 Å². The summed E-state index contributed by atoms with van der Waals surface area (Å²) in [5, 5.41) is 11.1. The van der Waals surface area contributed by atoms with Gasteiger partial charge in [0.2, 0.25) is 5.91 Å². The molecular formula is C21H24N6O2. The first kappa shape index (κ1) is 19.0. The lowest BCUT2D eigenvalue weighted by atomic mass is 10.0. The number of carbonyl (C=O) groups excluding carboxylic acids is 2. The highest BCUT2D eigenvalue weighted by molar-refractivity contribution is 6.03. The molecule has 150 valence electrons. The Hall–Kier alpha value is -3.29. The Morgan fingerprint density at radius 1 is 1.14 bits per heavy atom. The van der Waals surface area contributed by atoms with Crippen LogP contribution >= 0.6 is 0 Å². The van der Waals surface area contributed by atoms with Gasteiger partial charge in [0.1, 0.15) is 5.52 Å². The molecule has 3 heterocycles. The molecule has 1 saturated heterocycles. The van der Waals surface area contributed by atoms with Crippen molar-refractivity contribution >= 4 is 23.0 Å². The highest BCUT2D eigenvalue weighted by Crippen LogP contribution is 2.16. The van der Waals surface area contributed by atoms with Crippen LogP contribution in [0.4, 0.5) is 0 Å². The number of aryl methyl sites for hydroxylation is 2. The average Bonchev–Trinajstić information content (AvgIpc) is 3.14. The molecule has 0 atom stereocenters. The molecule has 0 saturated carbocycles. The van der Waals surface area contributed by atoms with Crippen LogP contribution in [0.3, 0.4) is 0 Å². The van der Waals surface area contributed by atoms with Crippen molar-refractivity contribution < 1.29 is 9.59 Å². The Kier molecular flexibility index (Phi) is 5.50. The van der Waals surface area contributed by atoms with Crippen LogP contribution in [0, 0.1) is 0 Å². The molecule has 0 unspecified atom stereocenters. The van der Waals surface area contributed by atoms with E-state index in [1.807, 2.05) is 35.2 Å². The molecule has 0 bridgehead atoms. The van der Waals surface area contributed by atoms with E-state index in [4.69, 9.17) is 0 Å². The smallest absolute Gasteiger partial charge is 0.253 e. The number of amides is 2. The Morgan fingerprint density at radius 3 is 2.66 bits per heavy atom. The number of hydrogen-bond acceptors (Lipinski definition) is 5. The van der Waals surface area contributed by atoms with E-state index >= 15 is 0 Å². The quantitative estimate of drug-likeness (QED) is 0.714. The Bertz CT molecular complexity index is 1010. The first-order valence-corrected chi connectivity index (χ1v) is 9.89. The second kappa shape index (κ2) is 8.38. The van der Waals surface area contributed by atoms with Crippen molar-refractivity contribution in [3.05, 3.63) is 53.7 Å². The molecule has 1 fully saturated rings. The minimum absolute atomic E-state index is 0.0422. The number of rotatable bonds is 5. The number of likely N-dealkylation sites (tertiary alicyclic amines) is 1. The van der Waals surface area contributed by atoms with Gasteiger partial charge in [-0.3, -0.25) is 9.59 Å². The first-order chi connectivity index (χ1) is 14.1. The van der Waals surface area contributed by atoms with Crippen LogP contribution in [0.2, 0.25) is 0 Å². The van der Waals surface area contributed by atoms with E-state index in [9.17, 15) is 9.59 Å². The molecule has 1 aromatic carbocycles. The Morgan fingerprint density at radius 2 is 1.90 bits per heavy atom. The van der Waals surface area contributed by atoms with E-state index in [0.29, 0.717) is 36.2 Å². The first-order valence-electron chi connectivity index (χ1n) is 9.89. The van der Waals surface area contributed by atoms with E-state index in [-0.39, 0.29) is 17.9 Å². The number of carbonyl (C=O) groups is 2. The van der Waals surface area contributed by atoms with E-state index < -0.39 is 0 Å². The summed E-state index contributed by atoms with van der Waals surface area (Å²) >= 11 is 0. The highest BCUT2D eigenvalue weighted by Gasteiger charge is 2.25. The van der Waals surface area contributed by atoms with Crippen molar-refractivity contribution in [3.8, 4) is 0 Å². The predicted molar refractivity (Wildman–Crippen MR) is 108 cm³/mol. The molecule has 8 nitrogen and oxygen atoms in total. The third-order valence-corrected chi connectivity index (χ3v) is 5.39. The Labute approximate surface area is 168 Å². The van der Waals surface area contributed by atoms with E-state index in [0.717, 1.165) is 19.3 Å². The zero-order chi connectivity index (χ0) is 20.2. The van der Waals surface area contributed by atoms with Crippen LogP contribution < -0.4 is 5.32 Å². The highest BCUT2D eigenvalue weighted by atomic mass is 16.2. The SMILES string of the molecule is Cn1nnc2c(C(=O)NC3CCN(C(=O)CCc4ccccc4)CC3)ccnc21. The second-order valence-corrected chi connectivity index (χ2v) is 7.36. The van der Waals surface area contributed by atoms with Gasteiger partial charge in [-0.25, -0.2) is 9.67 Å². The summed E-state index contributed by atoms with van der Waals surface area (Å²) < 4.78 is 1.55. The summed E-state index contributed by atoms with van der Waals surface area (Å²) in [6.45, 7) is 1.32. The van der Waals surface area contributed by atoms with Gasteiger partial charge in [0.05, 0.1) is 5.56 Å². The monoisotopic (exact) mass is 392 g/mol. The van der Waals surface area contributed by atoms with Gasteiger partial charge in [0, 0.05) is 38.8 Å². The maximum absolute atomic E-state index is 12.7. The van der Waals surface area contributed by atoms with Gasteiger partial charge < -0.3 is 10.2 Å². The molecule has 3 aromatic rings. The maximum atomic E-state index is 12.7.